The molecule has 0 aliphatic carbocycles. The van der Waals surface area contributed by atoms with Gasteiger partial charge in [-0.2, -0.15) is 0 Å². The minimum absolute atomic E-state index is 1.01. The van der Waals surface area contributed by atoms with Crippen molar-refractivity contribution in [2.75, 3.05) is 0 Å². The van der Waals surface area contributed by atoms with E-state index in [0.29, 0.717) is 0 Å². The van der Waals surface area contributed by atoms with Crippen molar-refractivity contribution in [3.05, 3.63) is 237 Å². The van der Waals surface area contributed by atoms with Crippen molar-refractivity contribution in [1.82, 2.24) is 0 Å². The fraction of sp³-hybridized carbons (Fsp3) is 0.0545. The number of rotatable bonds is 13. The van der Waals surface area contributed by atoms with Crippen LogP contribution < -0.4 is 0 Å². The Morgan fingerprint density at radius 1 is 0.400 bits per heavy atom. The molecule has 0 N–H and O–H groups in total. The lowest BCUT2D eigenvalue weighted by molar-refractivity contribution is 1.49. The normalized spacial score (nSPS) is 12.3. The van der Waals surface area contributed by atoms with Gasteiger partial charge in [0, 0.05) is 0 Å². The van der Waals surface area contributed by atoms with Crippen molar-refractivity contribution < 1.29 is 0 Å². The highest BCUT2D eigenvalue weighted by atomic mass is 14.3. The second-order valence-corrected chi connectivity index (χ2v) is 13.1. The second kappa shape index (κ2) is 18.3. The molecule has 0 saturated heterocycles. The maximum Gasteiger partial charge on any atom is -0.00206 e. The predicted molar refractivity (Wildman–Crippen MR) is 243 cm³/mol. The van der Waals surface area contributed by atoms with E-state index in [1.807, 2.05) is 30.4 Å². The van der Waals surface area contributed by atoms with Gasteiger partial charge >= 0.3 is 0 Å². The molecular formula is C55H48. The van der Waals surface area contributed by atoms with E-state index in [4.69, 9.17) is 0 Å². The summed E-state index contributed by atoms with van der Waals surface area (Å²) >= 11 is 0. The third kappa shape index (κ3) is 8.10. The Labute approximate surface area is 328 Å². The van der Waals surface area contributed by atoms with Crippen LogP contribution in [-0.4, -0.2) is 0 Å². The Morgan fingerprint density at radius 3 is 1.27 bits per heavy atom. The van der Waals surface area contributed by atoms with Crippen molar-refractivity contribution in [2.45, 2.75) is 20.8 Å². The molecule has 0 aliphatic heterocycles. The van der Waals surface area contributed by atoms with Crippen LogP contribution >= 0.6 is 0 Å². The Kier molecular flexibility index (Phi) is 12.7. The van der Waals surface area contributed by atoms with Crippen molar-refractivity contribution in [3.8, 4) is 55.6 Å². The van der Waals surface area contributed by atoms with Gasteiger partial charge < -0.3 is 0 Å². The second-order valence-electron chi connectivity index (χ2n) is 13.1. The molecule has 0 fully saturated rings. The number of hydrogen-bond acceptors (Lipinski definition) is 0. The minimum Gasteiger partial charge on any atom is -0.0991 e. The van der Waals surface area contributed by atoms with Crippen LogP contribution in [0.1, 0.15) is 37.5 Å². The fourth-order valence-corrected chi connectivity index (χ4v) is 7.43. The first-order valence-corrected chi connectivity index (χ1v) is 18.9. The summed E-state index contributed by atoms with van der Waals surface area (Å²) in [4.78, 5) is 0. The highest BCUT2D eigenvalue weighted by Crippen LogP contribution is 2.47. The van der Waals surface area contributed by atoms with Crippen molar-refractivity contribution in [2.24, 2.45) is 0 Å². The van der Waals surface area contributed by atoms with Gasteiger partial charge in [0.15, 0.2) is 0 Å². The summed E-state index contributed by atoms with van der Waals surface area (Å²) in [5.41, 5.74) is 18.4. The lowest BCUT2D eigenvalue weighted by Gasteiger charge is -2.23. The Balaban J connectivity index is 1.70. The van der Waals surface area contributed by atoms with Gasteiger partial charge in [-0.1, -0.05) is 220 Å². The molecule has 0 bridgehead atoms. The highest BCUT2D eigenvalue weighted by molar-refractivity contribution is 6.03. The summed E-state index contributed by atoms with van der Waals surface area (Å²) in [5, 5.41) is 0. The molecule has 6 aromatic rings. The van der Waals surface area contributed by atoms with Gasteiger partial charge in [-0.15, -0.1) is 0 Å². The SMILES string of the molecule is C=C/C=C\C(=C/C)c1ccc(/C(C=C)=C/C=C)c(-c2ccc(-c3c(C(/C=C\C)=C/C)ccc(-c4ccccc4)c3-c3ccccc3)cc2)c1-c1ccccc1. The molecular weight excluding hydrogens is 661 g/mol. The van der Waals surface area contributed by atoms with Gasteiger partial charge in [0.25, 0.3) is 0 Å². The first-order valence-electron chi connectivity index (χ1n) is 18.9. The molecule has 268 valence electrons. The topological polar surface area (TPSA) is 0 Å². The number of allylic oxidation sites excluding steroid dienone is 13. The molecule has 6 aromatic carbocycles. The first kappa shape index (κ1) is 38.0. The molecule has 0 aromatic heterocycles. The summed E-state index contributed by atoms with van der Waals surface area (Å²) in [7, 11) is 0. The molecule has 0 amide bonds. The van der Waals surface area contributed by atoms with E-state index in [1.54, 1.807) is 0 Å². The van der Waals surface area contributed by atoms with Gasteiger partial charge in [0.05, 0.1) is 0 Å². The highest BCUT2D eigenvalue weighted by Gasteiger charge is 2.22. The van der Waals surface area contributed by atoms with E-state index < -0.39 is 0 Å². The smallest absolute Gasteiger partial charge is 0.00206 e. The standard InChI is InChI=1S/C55H48/c1-7-13-25-42(12-6)50-37-36-48(40(10-4)23-8-2)54(52(50)44-28-19-15-20-29-44)46-32-34-47(35-33-46)55-49(41(11-5)24-9-3)38-39-51(43-26-17-14-18-27-43)53(55)45-30-21-16-22-31-45/h7-39H,1-2,4H2,3,5-6H3/b24-9-,25-13-,40-23+,41-11+,42-12+. The van der Waals surface area contributed by atoms with Gasteiger partial charge in [-0.3, -0.25) is 0 Å². The summed E-state index contributed by atoms with van der Waals surface area (Å²) in [6.45, 7) is 18.5. The van der Waals surface area contributed by atoms with E-state index in [1.165, 1.54) is 39.0 Å². The molecule has 0 unspecified atom stereocenters. The Hall–Kier alpha value is -6.76. The zero-order valence-corrected chi connectivity index (χ0v) is 32.2. The summed E-state index contributed by atoms with van der Waals surface area (Å²) in [6.07, 6.45) is 20.4. The summed E-state index contributed by atoms with van der Waals surface area (Å²) in [5.74, 6) is 0. The molecule has 0 atom stereocenters. The zero-order valence-electron chi connectivity index (χ0n) is 32.2. The van der Waals surface area contributed by atoms with Crippen LogP contribution in [0.3, 0.4) is 0 Å². The fourth-order valence-electron chi connectivity index (χ4n) is 7.43. The molecule has 0 radical (unpaired) electrons. The van der Waals surface area contributed by atoms with Crippen molar-refractivity contribution in [3.63, 3.8) is 0 Å². The quantitative estimate of drug-likeness (QED) is 0.105. The Bertz CT molecular complexity index is 2440. The van der Waals surface area contributed by atoms with Crippen LogP contribution in [-0.2, 0) is 0 Å². The van der Waals surface area contributed by atoms with Crippen LogP contribution in [0.25, 0.3) is 72.4 Å². The van der Waals surface area contributed by atoms with E-state index in [0.717, 1.165) is 50.1 Å². The first-order chi connectivity index (χ1) is 27.1. The van der Waals surface area contributed by atoms with Crippen LogP contribution in [0.15, 0.2) is 220 Å². The lowest BCUT2D eigenvalue weighted by Crippen LogP contribution is -1.99. The monoisotopic (exact) mass is 708 g/mol. The molecule has 0 heterocycles. The zero-order chi connectivity index (χ0) is 38.6. The average molecular weight is 709 g/mol. The average Bonchev–Trinajstić information content (AvgIpc) is 3.25. The third-order valence-electron chi connectivity index (χ3n) is 9.91. The van der Waals surface area contributed by atoms with Crippen LogP contribution in [0.2, 0.25) is 0 Å². The van der Waals surface area contributed by atoms with E-state index in [-0.39, 0.29) is 0 Å². The largest absolute Gasteiger partial charge is 0.0991 e. The third-order valence-corrected chi connectivity index (χ3v) is 9.91. The maximum atomic E-state index is 4.22. The van der Waals surface area contributed by atoms with Gasteiger partial charge in [0.2, 0.25) is 0 Å². The molecule has 55 heavy (non-hydrogen) atoms. The van der Waals surface area contributed by atoms with Crippen LogP contribution in [0.4, 0.5) is 0 Å². The van der Waals surface area contributed by atoms with Crippen molar-refractivity contribution in [1.29, 1.82) is 0 Å². The van der Waals surface area contributed by atoms with E-state index in [2.05, 4.69) is 210 Å². The molecule has 0 spiro atoms. The van der Waals surface area contributed by atoms with Crippen LogP contribution in [0.5, 0.6) is 0 Å². The summed E-state index contributed by atoms with van der Waals surface area (Å²) < 4.78 is 0. The van der Waals surface area contributed by atoms with Crippen LogP contribution in [0, 0.1) is 0 Å². The van der Waals surface area contributed by atoms with Gasteiger partial charge in [-0.25, -0.2) is 0 Å². The lowest BCUT2D eigenvalue weighted by atomic mass is 9.80. The van der Waals surface area contributed by atoms with Crippen molar-refractivity contribution >= 4 is 16.7 Å². The van der Waals surface area contributed by atoms with Gasteiger partial charge in [0.1, 0.15) is 0 Å². The number of benzene rings is 6. The number of hydrogen-bond donors (Lipinski definition) is 0. The van der Waals surface area contributed by atoms with E-state index in [9.17, 15) is 0 Å². The molecule has 0 aliphatic rings. The molecule has 0 heteroatoms. The molecule has 0 nitrogen and oxygen atoms in total. The predicted octanol–water partition coefficient (Wildman–Crippen LogP) is 15.9. The minimum atomic E-state index is 1.01. The van der Waals surface area contributed by atoms with E-state index >= 15 is 0 Å². The molecule has 0 saturated carbocycles. The maximum absolute atomic E-state index is 4.22. The summed E-state index contributed by atoms with van der Waals surface area (Å²) in [6, 6.07) is 50.4. The van der Waals surface area contributed by atoms with Gasteiger partial charge in [-0.05, 0) is 110 Å². The Morgan fingerprint density at radius 2 is 0.818 bits per heavy atom. The molecule has 6 rings (SSSR count).